The van der Waals surface area contributed by atoms with Crippen LogP contribution in [0.25, 0.3) is 16.7 Å². The van der Waals surface area contributed by atoms with Crippen molar-refractivity contribution in [3.8, 4) is 0 Å². The highest BCUT2D eigenvalue weighted by atomic mass is 16.5. The summed E-state index contributed by atoms with van der Waals surface area (Å²) in [6, 6.07) is 17.6. The summed E-state index contributed by atoms with van der Waals surface area (Å²) in [5, 5.41) is 3.52. The van der Waals surface area contributed by atoms with E-state index in [4.69, 9.17) is 4.74 Å². The normalized spacial score (nSPS) is 16.0. The lowest BCUT2D eigenvalue weighted by atomic mass is 10.2. The van der Waals surface area contributed by atoms with Crippen LogP contribution < -0.4 is 15.8 Å². The zero-order valence-corrected chi connectivity index (χ0v) is 18.6. The average molecular weight is 446 g/mol. The molecule has 1 aromatic carbocycles. The van der Waals surface area contributed by atoms with Crippen LogP contribution in [0.4, 0.5) is 5.69 Å². The molecule has 1 saturated heterocycles. The number of ether oxygens (including phenoxy) is 1. The zero-order chi connectivity index (χ0) is 22.8. The third-order valence-corrected chi connectivity index (χ3v) is 6.29. The fraction of sp³-hybridized carbons (Fsp3) is 0.320. The largest absolute Gasteiger partial charge is 0.383 e. The summed E-state index contributed by atoms with van der Waals surface area (Å²) in [6.07, 6.45) is 3.81. The predicted molar refractivity (Wildman–Crippen MR) is 128 cm³/mol. The number of para-hydroxylation sites is 1. The van der Waals surface area contributed by atoms with Crippen LogP contribution in [0, 0.1) is 0 Å². The van der Waals surface area contributed by atoms with Gasteiger partial charge in [0.2, 0.25) is 0 Å². The Morgan fingerprint density at radius 1 is 1.18 bits per heavy atom. The van der Waals surface area contributed by atoms with E-state index in [0.29, 0.717) is 42.1 Å². The van der Waals surface area contributed by atoms with E-state index in [0.717, 1.165) is 19.4 Å². The van der Waals surface area contributed by atoms with Crippen LogP contribution in [0.5, 0.6) is 0 Å². The smallest absolute Gasteiger partial charge is 0.268 e. The summed E-state index contributed by atoms with van der Waals surface area (Å²) in [6.45, 7) is 2.35. The summed E-state index contributed by atoms with van der Waals surface area (Å²) in [5.41, 5.74) is 2.45. The third kappa shape index (κ3) is 3.98. The second-order valence-corrected chi connectivity index (χ2v) is 8.29. The minimum Gasteiger partial charge on any atom is -0.383 e. The van der Waals surface area contributed by atoms with E-state index >= 15 is 0 Å². The van der Waals surface area contributed by atoms with Gasteiger partial charge in [-0.2, -0.15) is 0 Å². The number of methoxy groups -OCH3 is 1. The van der Waals surface area contributed by atoms with E-state index in [1.807, 2.05) is 24.3 Å². The van der Waals surface area contributed by atoms with Crippen molar-refractivity contribution in [3.05, 3.63) is 76.8 Å². The molecule has 1 amide bonds. The lowest BCUT2D eigenvalue weighted by Crippen LogP contribution is -2.40. The molecule has 1 atom stereocenters. The molecule has 0 saturated carbocycles. The van der Waals surface area contributed by atoms with Crippen molar-refractivity contribution < 1.29 is 9.53 Å². The van der Waals surface area contributed by atoms with Crippen LogP contribution in [0.15, 0.2) is 65.6 Å². The fourth-order valence-electron chi connectivity index (χ4n) is 4.66. The van der Waals surface area contributed by atoms with Crippen molar-refractivity contribution in [2.75, 3.05) is 31.7 Å². The molecule has 1 unspecified atom stereocenters. The van der Waals surface area contributed by atoms with Crippen molar-refractivity contribution in [3.63, 3.8) is 0 Å². The van der Waals surface area contributed by atoms with Crippen molar-refractivity contribution in [2.45, 2.75) is 25.4 Å². The van der Waals surface area contributed by atoms with Crippen LogP contribution >= 0.6 is 0 Å². The number of nitrogens with zero attached hydrogens (tertiary/aromatic N) is 4. The Morgan fingerprint density at radius 3 is 2.82 bits per heavy atom. The Morgan fingerprint density at radius 2 is 2.00 bits per heavy atom. The van der Waals surface area contributed by atoms with Crippen LogP contribution in [0.1, 0.15) is 23.3 Å². The van der Waals surface area contributed by atoms with Gasteiger partial charge >= 0.3 is 0 Å². The Bertz CT molecular complexity index is 1340. The first-order chi connectivity index (χ1) is 16.2. The molecule has 8 heteroatoms. The number of carbonyl (C=O) groups excluding carboxylic acids is 1. The molecule has 33 heavy (non-hydrogen) atoms. The molecule has 1 aliphatic rings. The highest BCUT2D eigenvalue weighted by Crippen LogP contribution is 2.25. The molecule has 1 fully saturated rings. The van der Waals surface area contributed by atoms with Crippen molar-refractivity contribution in [2.24, 2.45) is 0 Å². The number of amides is 1. The second kappa shape index (κ2) is 9.07. The standard InChI is InChI=1S/C25H27N5O3/c1-33-15-14-29-21(16-20-23(29)27-22-11-5-6-12-30(22)25(20)32)24(31)26-17-19-10-7-13-28(19)18-8-3-2-4-9-18/h2-6,8-9,11-12,16,19H,7,10,13-15,17H2,1H3,(H,26,31). The number of carbonyl (C=O) groups is 1. The topological polar surface area (TPSA) is 80.9 Å². The zero-order valence-electron chi connectivity index (χ0n) is 18.6. The maximum Gasteiger partial charge on any atom is 0.268 e. The van der Waals surface area contributed by atoms with Gasteiger partial charge in [0.25, 0.3) is 11.5 Å². The molecular weight excluding hydrogens is 418 g/mol. The van der Waals surface area contributed by atoms with E-state index in [1.165, 1.54) is 10.1 Å². The Labute approximate surface area is 191 Å². The number of nitrogens with one attached hydrogen (secondary N) is 1. The van der Waals surface area contributed by atoms with Gasteiger partial charge in [0, 0.05) is 44.7 Å². The maximum atomic E-state index is 13.3. The highest BCUT2D eigenvalue weighted by Gasteiger charge is 2.26. The van der Waals surface area contributed by atoms with Gasteiger partial charge in [-0.15, -0.1) is 0 Å². The quantitative estimate of drug-likeness (QED) is 0.473. The Kier molecular flexibility index (Phi) is 5.83. The Hall–Kier alpha value is -3.65. The number of rotatable bonds is 7. The molecule has 0 bridgehead atoms. The number of fused-ring (bicyclic) bond motifs is 2. The van der Waals surface area contributed by atoms with Gasteiger partial charge in [-0.3, -0.25) is 14.0 Å². The van der Waals surface area contributed by atoms with E-state index in [9.17, 15) is 9.59 Å². The number of aromatic nitrogens is 3. The van der Waals surface area contributed by atoms with Gasteiger partial charge in [-0.25, -0.2) is 4.98 Å². The minimum atomic E-state index is -0.211. The maximum absolute atomic E-state index is 13.3. The van der Waals surface area contributed by atoms with Crippen molar-refractivity contribution in [1.29, 1.82) is 0 Å². The SMILES string of the molecule is COCCn1c(C(=O)NCC2CCCN2c2ccccc2)cc2c(=O)n3ccccc3nc21. The summed E-state index contributed by atoms with van der Waals surface area (Å²) in [5.74, 6) is -0.211. The first-order valence-electron chi connectivity index (χ1n) is 11.3. The molecule has 4 heterocycles. The number of hydrogen-bond donors (Lipinski definition) is 1. The molecule has 3 aromatic heterocycles. The predicted octanol–water partition coefficient (Wildman–Crippen LogP) is 2.69. The van der Waals surface area contributed by atoms with Gasteiger partial charge in [0.05, 0.1) is 12.0 Å². The third-order valence-electron chi connectivity index (χ3n) is 6.29. The highest BCUT2D eigenvalue weighted by molar-refractivity contribution is 5.98. The molecular formula is C25H27N5O3. The monoisotopic (exact) mass is 445 g/mol. The first kappa shape index (κ1) is 21.2. The van der Waals surface area contributed by atoms with E-state index < -0.39 is 0 Å². The minimum absolute atomic E-state index is 0.188. The van der Waals surface area contributed by atoms with Crippen LogP contribution in [0.2, 0.25) is 0 Å². The molecule has 0 spiro atoms. The molecule has 8 nitrogen and oxygen atoms in total. The lowest BCUT2D eigenvalue weighted by molar-refractivity contribution is 0.0940. The van der Waals surface area contributed by atoms with Gasteiger partial charge in [0.1, 0.15) is 17.0 Å². The average Bonchev–Trinajstić information content (AvgIpc) is 3.47. The lowest BCUT2D eigenvalue weighted by Gasteiger charge is -2.27. The van der Waals surface area contributed by atoms with Crippen molar-refractivity contribution in [1.82, 2.24) is 19.3 Å². The van der Waals surface area contributed by atoms with Gasteiger partial charge < -0.3 is 19.5 Å². The summed E-state index contributed by atoms with van der Waals surface area (Å²) >= 11 is 0. The number of anilines is 1. The summed E-state index contributed by atoms with van der Waals surface area (Å²) in [4.78, 5) is 33.3. The Balaban J connectivity index is 1.44. The van der Waals surface area contributed by atoms with Crippen LogP contribution in [-0.2, 0) is 11.3 Å². The van der Waals surface area contributed by atoms with E-state index in [-0.39, 0.29) is 17.5 Å². The van der Waals surface area contributed by atoms with Gasteiger partial charge in [-0.05, 0) is 43.2 Å². The van der Waals surface area contributed by atoms with Crippen LogP contribution in [0.3, 0.4) is 0 Å². The molecule has 0 radical (unpaired) electrons. The molecule has 5 rings (SSSR count). The number of pyridine rings is 1. The number of benzene rings is 1. The van der Waals surface area contributed by atoms with E-state index in [1.54, 1.807) is 36.1 Å². The van der Waals surface area contributed by atoms with Gasteiger partial charge in [-0.1, -0.05) is 24.3 Å². The van der Waals surface area contributed by atoms with Crippen LogP contribution in [-0.4, -0.2) is 52.7 Å². The summed E-state index contributed by atoms with van der Waals surface area (Å²) < 4.78 is 8.54. The van der Waals surface area contributed by atoms with Crippen molar-refractivity contribution >= 4 is 28.3 Å². The molecule has 1 aliphatic heterocycles. The first-order valence-corrected chi connectivity index (χ1v) is 11.3. The fourth-order valence-corrected chi connectivity index (χ4v) is 4.66. The summed E-state index contributed by atoms with van der Waals surface area (Å²) in [7, 11) is 1.61. The molecule has 4 aromatic rings. The molecule has 170 valence electrons. The van der Waals surface area contributed by atoms with E-state index in [2.05, 4.69) is 27.3 Å². The molecule has 1 N–H and O–H groups in total. The number of hydrogen-bond acceptors (Lipinski definition) is 5. The van der Waals surface area contributed by atoms with Gasteiger partial charge in [0.15, 0.2) is 0 Å². The second-order valence-electron chi connectivity index (χ2n) is 8.29. The molecule has 0 aliphatic carbocycles.